The molecule has 4 rings (SSSR count). The minimum absolute atomic E-state index is 0. The molecule has 3 aromatic rings. The van der Waals surface area contributed by atoms with Gasteiger partial charge in [0.05, 0.1) is 6.61 Å². The maximum absolute atomic E-state index is 12.0. The van der Waals surface area contributed by atoms with Crippen LogP contribution in [0.5, 0.6) is 0 Å². The first-order valence-corrected chi connectivity index (χ1v) is 11.4. The summed E-state index contributed by atoms with van der Waals surface area (Å²) >= 11 is 0. The molecule has 0 unspecified atom stereocenters. The van der Waals surface area contributed by atoms with Gasteiger partial charge in [0.2, 0.25) is 0 Å². The third kappa shape index (κ3) is 6.02. The average Bonchev–Trinajstić information content (AvgIpc) is 3.15. The van der Waals surface area contributed by atoms with Crippen LogP contribution in [0.25, 0.3) is 10.9 Å². The summed E-state index contributed by atoms with van der Waals surface area (Å²) in [6.45, 7) is 7.94. The summed E-state index contributed by atoms with van der Waals surface area (Å²) in [5, 5.41) is 1.25. The van der Waals surface area contributed by atoms with Gasteiger partial charge in [-0.2, -0.15) is 0 Å². The predicted octanol–water partition coefficient (Wildman–Crippen LogP) is 4.17. The van der Waals surface area contributed by atoms with Gasteiger partial charge in [-0.15, -0.1) is 12.4 Å². The van der Waals surface area contributed by atoms with Crippen LogP contribution in [-0.4, -0.2) is 59.8 Å². The second-order valence-corrected chi connectivity index (χ2v) is 8.08. The third-order valence-corrected chi connectivity index (χ3v) is 5.99. The van der Waals surface area contributed by atoms with Crippen LogP contribution < -0.4 is 4.90 Å². The molecule has 0 atom stereocenters. The molecule has 0 amide bonds. The molecule has 6 nitrogen and oxygen atoms in total. The van der Waals surface area contributed by atoms with E-state index in [9.17, 15) is 4.79 Å². The van der Waals surface area contributed by atoms with Crippen molar-refractivity contribution >= 4 is 35.1 Å². The summed E-state index contributed by atoms with van der Waals surface area (Å²) in [4.78, 5) is 21.4. The minimum atomic E-state index is -0.181. The molecule has 1 aliphatic rings. The van der Waals surface area contributed by atoms with Gasteiger partial charge in [-0.25, -0.2) is 4.98 Å². The summed E-state index contributed by atoms with van der Waals surface area (Å²) in [7, 11) is 0. The molecule has 172 valence electrons. The Balaban J connectivity index is 0.00000289. The van der Waals surface area contributed by atoms with Crippen molar-refractivity contribution in [3.63, 3.8) is 0 Å². The number of anilines is 1. The molecule has 7 heteroatoms. The molecule has 0 bridgehead atoms. The van der Waals surface area contributed by atoms with Crippen molar-refractivity contribution in [1.82, 2.24) is 14.5 Å². The Labute approximate surface area is 196 Å². The first-order chi connectivity index (χ1) is 15.2. The van der Waals surface area contributed by atoms with E-state index >= 15 is 0 Å². The number of halogens is 1. The fraction of sp³-hybridized carbons (Fsp3) is 0.440. The fourth-order valence-corrected chi connectivity index (χ4v) is 4.39. The van der Waals surface area contributed by atoms with E-state index in [1.807, 2.05) is 29.8 Å². The van der Waals surface area contributed by atoms with Gasteiger partial charge in [0, 0.05) is 49.5 Å². The number of fused-ring (bicyclic) bond motifs is 1. The predicted molar refractivity (Wildman–Crippen MR) is 132 cm³/mol. The number of para-hydroxylation sites is 1. The molecular weight excluding hydrogens is 424 g/mol. The molecule has 0 N–H and O–H groups in total. The molecule has 0 aliphatic carbocycles. The Hall–Kier alpha value is -2.57. The Morgan fingerprint density at radius 2 is 1.81 bits per heavy atom. The highest BCUT2D eigenvalue weighted by atomic mass is 35.5. The van der Waals surface area contributed by atoms with Crippen molar-refractivity contribution in [2.45, 2.75) is 32.7 Å². The number of rotatable bonds is 9. The van der Waals surface area contributed by atoms with Crippen molar-refractivity contribution in [2.24, 2.45) is 0 Å². The van der Waals surface area contributed by atoms with Crippen LogP contribution in [-0.2, 0) is 22.5 Å². The van der Waals surface area contributed by atoms with Crippen molar-refractivity contribution < 1.29 is 9.53 Å². The van der Waals surface area contributed by atoms with E-state index < -0.39 is 0 Å². The molecular formula is C25H33ClN4O2. The number of ether oxygens (including phenoxy) is 1. The van der Waals surface area contributed by atoms with Crippen LogP contribution >= 0.6 is 12.4 Å². The Bertz CT molecular complexity index is 984. The lowest BCUT2D eigenvalue weighted by Gasteiger charge is -2.35. The number of hydrogen-bond acceptors (Lipinski definition) is 5. The number of nitrogens with zero attached hydrogens (tertiary/aromatic N) is 4. The second kappa shape index (κ2) is 11.9. The summed E-state index contributed by atoms with van der Waals surface area (Å²) < 4.78 is 7.16. The molecule has 1 aromatic carbocycles. The maximum Gasteiger partial charge on any atom is 0.325 e. The van der Waals surface area contributed by atoms with Gasteiger partial charge in [-0.3, -0.25) is 9.69 Å². The molecule has 3 heterocycles. The lowest BCUT2D eigenvalue weighted by molar-refractivity contribution is -0.143. The Morgan fingerprint density at radius 1 is 1.03 bits per heavy atom. The van der Waals surface area contributed by atoms with Crippen molar-refractivity contribution in [1.29, 1.82) is 0 Å². The normalized spacial score (nSPS) is 14.3. The molecule has 1 saturated heterocycles. The van der Waals surface area contributed by atoms with Crippen LogP contribution in [0.2, 0.25) is 0 Å². The van der Waals surface area contributed by atoms with Crippen LogP contribution in [0.3, 0.4) is 0 Å². The molecule has 1 fully saturated rings. The van der Waals surface area contributed by atoms with Gasteiger partial charge in [0.1, 0.15) is 12.4 Å². The van der Waals surface area contributed by atoms with E-state index in [0.29, 0.717) is 6.61 Å². The zero-order valence-electron chi connectivity index (χ0n) is 18.8. The topological polar surface area (TPSA) is 50.6 Å². The van der Waals surface area contributed by atoms with E-state index in [1.54, 1.807) is 0 Å². The van der Waals surface area contributed by atoms with Crippen molar-refractivity contribution in [3.05, 3.63) is 60.4 Å². The number of unbranched alkanes of at least 4 members (excludes halogenated alkanes) is 1. The number of pyridine rings is 1. The van der Waals surface area contributed by atoms with Gasteiger partial charge in [-0.05, 0) is 56.5 Å². The molecule has 0 saturated carbocycles. The number of benzene rings is 1. The summed E-state index contributed by atoms with van der Waals surface area (Å²) in [6.07, 6.45) is 7.36. The van der Waals surface area contributed by atoms with E-state index in [1.165, 1.54) is 17.4 Å². The maximum atomic E-state index is 12.0. The smallest absolute Gasteiger partial charge is 0.325 e. The SMILES string of the molecule is CCOC(=O)Cn1cc(CCCCN2CCN(c3ccccn3)CC2)c2ccccc21.Cl. The molecule has 0 radical (unpaired) electrons. The first kappa shape index (κ1) is 24.1. The fourth-order valence-electron chi connectivity index (χ4n) is 4.39. The third-order valence-electron chi connectivity index (χ3n) is 5.99. The quantitative estimate of drug-likeness (QED) is 0.357. The van der Waals surface area contributed by atoms with E-state index in [-0.39, 0.29) is 24.9 Å². The van der Waals surface area contributed by atoms with Gasteiger partial charge < -0.3 is 14.2 Å². The highest BCUT2D eigenvalue weighted by Gasteiger charge is 2.17. The monoisotopic (exact) mass is 456 g/mol. The highest BCUT2D eigenvalue weighted by Crippen LogP contribution is 2.23. The van der Waals surface area contributed by atoms with Crippen LogP contribution in [0.1, 0.15) is 25.3 Å². The number of aryl methyl sites for hydroxylation is 1. The summed E-state index contributed by atoms with van der Waals surface area (Å²) in [6, 6.07) is 14.4. The van der Waals surface area contributed by atoms with Crippen molar-refractivity contribution in [3.8, 4) is 0 Å². The largest absolute Gasteiger partial charge is 0.465 e. The van der Waals surface area contributed by atoms with E-state index in [4.69, 9.17) is 4.74 Å². The molecule has 0 spiro atoms. The standard InChI is InChI=1S/C25H32N4O2.ClH/c1-2-31-25(30)20-29-19-21(22-10-3-4-11-23(22)29)9-6-8-14-27-15-17-28(18-16-27)24-12-5-7-13-26-24;/h3-5,7,10-13,19H,2,6,8-9,14-18,20H2,1H3;1H. The van der Waals surface area contributed by atoms with Gasteiger partial charge in [0.15, 0.2) is 0 Å². The highest BCUT2D eigenvalue weighted by molar-refractivity contribution is 5.86. The number of carbonyl (C=O) groups excluding carboxylic acids is 1. The molecule has 2 aromatic heterocycles. The van der Waals surface area contributed by atoms with Gasteiger partial charge >= 0.3 is 5.97 Å². The number of carbonyl (C=O) groups is 1. The number of aromatic nitrogens is 2. The van der Waals surface area contributed by atoms with E-state index in [2.05, 4.69) is 51.3 Å². The lowest BCUT2D eigenvalue weighted by Crippen LogP contribution is -2.46. The number of piperazine rings is 1. The summed E-state index contributed by atoms with van der Waals surface area (Å²) in [5.41, 5.74) is 2.43. The first-order valence-electron chi connectivity index (χ1n) is 11.4. The van der Waals surface area contributed by atoms with Crippen LogP contribution in [0, 0.1) is 0 Å². The Morgan fingerprint density at radius 3 is 2.56 bits per heavy atom. The van der Waals surface area contributed by atoms with Crippen molar-refractivity contribution in [2.75, 3.05) is 44.2 Å². The average molecular weight is 457 g/mol. The lowest BCUT2D eigenvalue weighted by atomic mass is 10.1. The zero-order chi connectivity index (χ0) is 21.5. The van der Waals surface area contributed by atoms with Crippen LogP contribution in [0.15, 0.2) is 54.9 Å². The van der Waals surface area contributed by atoms with E-state index in [0.717, 1.165) is 56.9 Å². The van der Waals surface area contributed by atoms with Gasteiger partial charge in [0.25, 0.3) is 0 Å². The van der Waals surface area contributed by atoms with Crippen LogP contribution in [0.4, 0.5) is 5.82 Å². The second-order valence-electron chi connectivity index (χ2n) is 8.08. The Kier molecular flexibility index (Phi) is 8.94. The number of hydrogen-bond donors (Lipinski definition) is 0. The van der Waals surface area contributed by atoms with Gasteiger partial charge in [-0.1, -0.05) is 24.3 Å². The zero-order valence-corrected chi connectivity index (χ0v) is 19.6. The number of esters is 1. The summed E-state index contributed by atoms with van der Waals surface area (Å²) in [5.74, 6) is 0.904. The minimum Gasteiger partial charge on any atom is -0.465 e. The molecule has 32 heavy (non-hydrogen) atoms. The molecule has 1 aliphatic heterocycles.